The molecule has 0 aliphatic carbocycles. The number of piperidine rings is 1. The van der Waals surface area contributed by atoms with Crippen molar-refractivity contribution in [3.8, 4) is 11.5 Å². The predicted octanol–water partition coefficient (Wildman–Crippen LogP) is 5.86. The van der Waals surface area contributed by atoms with Crippen molar-refractivity contribution in [3.63, 3.8) is 0 Å². The van der Waals surface area contributed by atoms with E-state index in [0.29, 0.717) is 34.5 Å². The Balaban J connectivity index is 1.32. The highest BCUT2D eigenvalue weighted by Gasteiger charge is 2.31. The summed E-state index contributed by atoms with van der Waals surface area (Å²) in [5.41, 5.74) is 1.84. The minimum Gasteiger partial charge on any atom is -0.492 e. The number of fused-ring (bicyclic) bond motifs is 1. The summed E-state index contributed by atoms with van der Waals surface area (Å²) in [6.45, 7) is 5.05. The Labute approximate surface area is 188 Å². The summed E-state index contributed by atoms with van der Waals surface area (Å²) < 4.78 is 52.3. The standard InChI is InChI=1S/C22H23ClF3N3O3/c1-2-30-20-11-14(3-5-17(20)23)13-29-9-7-15(8-10-29)27-21-28-18-12-16(32-22(24,25)26)4-6-19(18)31-21/h3-6,11-12,15H,2,7-10,13H2,1H3,(H,27,28). The number of ether oxygens (including phenoxy) is 2. The topological polar surface area (TPSA) is 59.8 Å². The van der Waals surface area contributed by atoms with Crippen LogP contribution in [0.5, 0.6) is 11.5 Å². The number of alkyl halides is 3. The van der Waals surface area contributed by atoms with Crippen LogP contribution in [0.3, 0.4) is 0 Å². The maximum atomic E-state index is 12.4. The van der Waals surface area contributed by atoms with Crippen molar-refractivity contribution in [2.75, 3.05) is 25.0 Å². The summed E-state index contributed by atoms with van der Waals surface area (Å²) in [7, 11) is 0. The van der Waals surface area contributed by atoms with E-state index < -0.39 is 6.36 Å². The smallest absolute Gasteiger partial charge is 0.492 e. The molecule has 0 radical (unpaired) electrons. The molecule has 1 aliphatic heterocycles. The molecule has 0 saturated carbocycles. The molecule has 4 rings (SSSR count). The first-order chi connectivity index (χ1) is 15.3. The molecule has 1 N–H and O–H groups in total. The average Bonchev–Trinajstić information content (AvgIpc) is 3.12. The van der Waals surface area contributed by atoms with E-state index in [1.54, 1.807) is 0 Å². The van der Waals surface area contributed by atoms with Crippen molar-refractivity contribution in [3.05, 3.63) is 47.0 Å². The quantitative estimate of drug-likeness (QED) is 0.468. The highest BCUT2D eigenvalue weighted by molar-refractivity contribution is 6.32. The molecule has 1 aliphatic rings. The second-order valence-electron chi connectivity index (χ2n) is 7.59. The zero-order valence-corrected chi connectivity index (χ0v) is 18.2. The van der Waals surface area contributed by atoms with Crippen LogP contribution in [0.1, 0.15) is 25.3 Å². The average molecular weight is 470 g/mol. The number of nitrogens with zero attached hydrogens (tertiary/aromatic N) is 2. The highest BCUT2D eigenvalue weighted by atomic mass is 35.5. The van der Waals surface area contributed by atoms with Gasteiger partial charge in [-0.25, -0.2) is 0 Å². The largest absolute Gasteiger partial charge is 0.573 e. The van der Waals surface area contributed by atoms with Crippen molar-refractivity contribution >= 4 is 28.7 Å². The molecule has 32 heavy (non-hydrogen) atoms. The molecule has 2 aromatic carbocycles. The van der Waals surface area contributed by atoms with Gasteiger partial charge in [0.2, 0.25) is 0 Å². The Morgan fingerprint density at radius 3 is 2.69 bits per heavy atom. The van der Waals surface area contributed by atoms with E-state index >= 15 is 0 Å². The number of hydrogen-bond acceptors (Lipinski definition) is 6. The van der Waals surface area contributed by atoms with Crippen LogP contribution in [-0.4, -0.2) is 42.0 Å². The van der Waals surface area contributed by atoms with Gasteiger partial charge in [0.15, 0.2) is 5.58 Å². The summed E-state index contributed by atoms with van der Waals surface area (Å²) >= 11 is 6.16. The van der Waals surface area contributed by atoms with E-state index in [0.717, 1.165) is 38.0 Å². The lowest BCUT2D eigenvalue weighted by Gasteiger charge is -2.32. The van der Waals surface area contributed by atoms with Gasteiger partial charge in [-0.05, 0) is 49.6 Å². The zero-order chi connectivity index (χ0) is 22.7. The van der Waals surface area contributed by atoms with Crippen LogP contribution >= 0.6 is 11.6 Å². The van der Waals surface area contributed by atoms with Gasteiger partial charge in [-0.3, -0.25) is 4.90 Å². The minimum atomic E-state index is -4.75. The molecule has 0 unspecified atom stereocenters. The zero-order valence-electron chi connectivity index (χ0n) is 17.4. The van der Waals surface area contributed by atoms with Crippen LogP contribution in [0.25, 0.3) is 11.1 Å². The van der Waals surface area contributed by atoms with Gasteiger partial charge >= 0.3 is 6.36 Å². The lowest BCUT2D eigenvalue weighted by atomic mass is 10.0. The molecular weight excluding hydrogens is 447 g/mol. The number of aromatic nitrogens is 1. The number of hydrogen-bond donors (Lipinski definition) is 1. The maximum absolute atomic E-state index is 12.4. The van der Waals surface area contributed by atoms with Gasteiger partial charge in [0.25, 0.3) is 6.01 Å². The van der Waals surface area contributed by atoms with Crippen LogP contribution in [0.4, 0.5) is 19.2 Å². The number of likely N-dealkylation sites (tertiary alicyclic amines) is 1. The summed E-state index contributed by atoms with van der Waals surface area (Å²) in [5, 5.41) is 3.86. The first-order valence-corrected chi connectivity index (χ1v) is 10.7. The number of benzene rings is 2. The Hall–Kier alpha value is -2.65. The van der Waals surface area contributed by atoms with Crippen molar-refractivity contribution in [1.82, 2.24) is 9.88 Å². The second-order valence-corrected chi connectivity index (χ2v) is 8.00. The van der Waals surface area contributed by atoms with E-state index in [2.05, 4.69) is 19.9 Å². The van der Waals surface area contributed by atoms with Gasteiger partial charge < -0.3 is 19.2 Å². The molecule has 10 heteroatoms. The first kappa shape index (κ1) is 22.5. The summed E-state index contributed by atoms with van der Waals surface area (Å²) in [6, 6.07) is 10.1. The normalized spacial score (nSPS) is 15.8. The fourth-order valence-corrected chi connectivity index (χ4v) is 3.92. The van der Waals surface area contributed by atoms with Gasteiger partial charge in [0, 0.05) is 31.7 Å². The Morgan fingerprint density at radius 1 is 1.19 bits per heavy atom. The number of halogens is 4. The van der Waals surface area contributed by atoms with E-state index in [9.17, 15) is 13.2 Å². The fraction of sp³-hybridized carbons (Fsp3) is 0.409. The minimum absolute atomic E-state index is 0.161. The molecule has 0 amide bonds. The molecule has 172 valence electrons. The summed E-state index contributed by atoms with van der Waals surface area (Å²) in [6.07, 6.45) is -2.98. The third kappa shape index (κ3) is 5.77. The van der Waals surface area contributed by atoms with Crippen LogP contribution in [-0.2, 0) is 6.54 Å². The van der Waals surface area contributed by atoms with Crippen LogP contribution in [0, 0.1) is 0 Å². The second kappa shape index (κ2) is 9.46. The van der Waals surface area contributed by atoms with Crippen LogP contribution in [0.2, 0.25) is 5.02 Å². The third-order valence-electron chi connectivity index (χ3n) is 5.21. The monoisotopic (exact) mass is 469 g/mol. The molecule has 0 atom stereocenters. The Kier molecular flexibility index (Phi) is 6.66. The summed E-state index contributed by atoms with van der Waals surface area (Å²) in [4.78, 5) is 6.61. The SMILES string of the molecule is CCOc1cc(CN2CCC(Nc3nc4cc(OC(F)(F)F)ccc4o3)CC2)ccc1Cl. The maximum Gasteiger partial charge on any atom is 0.573 e. The van der Waals surface area contributed by atoms with Crippen molar-refractivity contribution in [2.24, 2.45) is 0 Å². The van der Waals surface area contributed by atoms with Crippen molar-refractivity contribution in [2.45, 2.75) is 38.7 Å². The third-order valence-corrected chi connectivity index (χ3v) is 5.52. The predicted molar refractivity (Wildman–Crippen MR) is 115 cm³/mol. The van der Waals surface area contributed by atoms with Gasteiger partial charge in [0.05, 0.1) is 11.6 Å². The molecule has 1 saturated heterocycles. The number of anilines is 1. The van der Waals surface area contributed by atoms with Crippen molar-refractivity contribution < 1.29 is 27.1 Å². The molecular formula is C22H23ClF3N3O3. The lowest BCUT2D eigenvalue weighted by Crippen LogP contribution is -2.38. The number of nitrogens with one attached hydrogen (secondary N) is 1. The lowest BCUT2D eigenvalue weighted by molar-refractivity contribution is -0.274. The number of oxazole rings is 1. The van der Waals surface area contributed by atoms with Gasteiger partial charge in [-0.15, -0.1) is 13.2 Å². The molecule has 0 spiro atoms. The van der Waals surface area contributed by atoms with Crippen LogP contribution < -0.4 is 14.8 Å². The van der Waals surface area contributed by atoms with Gasteiger partial charge in [0.1, 0.15) is 17.0 Å². The molecule has 1 aromatic heterocycles. The van der Waals surface area contributed by atoms with Crippen LogP contribution in [0.15, 0.2) is 40.8 Å². The van der Waals surface area contributed by atoms with E-state index in [4.69, 9.17) is 20.8 Å². The van der Waals surface area contributed by atoms with E-state index in [1.807, 2.05) is 25.1 Å². The fourth-order valence-electron chi connectivity index (χ4n) is 3.75. The molecule has 1 fully saturated rings. The van der Waals surface area contributed by atoms with Crippen molar-refractivity contribution in [1.29, 1.82) is 0 Å². The van der Waals surface area contributed by atoms with E-state index in [1.165, 1.54) is 18.2 Å². The molecule has 0 bridgehead atoms. The number of rotatable bonds is 7. The summed E-state index contributed by atoms with van der Waals surface area (Å²) in [5.74, 6) is 0.371. The molecule has 6 nitrogen and oxygen atoms in total. The molecule has 3 aromatic rings. The first-order valence-electron chi connectivity index (χ1n) is 10.4. The highest BCUT2D eigenvalue weighted by Crippen LogP contribution is 2.29. The Bertz CT molecular complexity index is 1070. The van der Waals surface area contributed by atoms with E-state index in [-0.39, 0.29) is 11.8 Å². The van der Waals surface area contributed by atoms with Gasteiger partial charge in [-0.2, -0.15) is 4.98 Å². The Morgan fingerprint density at radius 2 is 1.97 bits per heavy atom. The van der Waals surface area contributed by atoms with Gasteiger partial charge in [-0.1, -0.05) is 17.7 Å². The molecule has 2 heterocycles.